The number of fused-ring (bicyclic) bond motifs is 1. The lowest BCUT2D eigenvalue weighted by Crippen LogP contribution is -2.09. The summed E-state index contributed by atoms with van der Waals surface area (Å²) in [6.45, 7) is 2.45. The largest absolute Gasteiger partial charge is 0.461 e. The Morgan fingerprint density at radius 2 is 2.04 bits per heavy atom. The highest BCUT2D eigenvalue weighted by Crippen LogP contribution is 2.26. The first kappa shape index (κ1) is 16.2. The number of benzene rings is 1. The van der Waals surface area contributed by atoms with Gasteiger partial charge in [-0.3, -0.25) is 4.57 Å². The van der Waals surface area contributed by atoms with Gasteiger partial charge < -0.3 is 20.3 Å². The van der Waals surface area contributed by atoms with Crippen LogP contribution in [0.15, 0.2) is 30.6 Å². The number of ether oxygens (including phenoxy) is 2. The summed E-state index contributed by atoms with van der Waals surface area (Å²) in [5.74, 6) is 0.237. The van der Waals surface area contributed by atoms with Gasteiger partial charge in [0.05, 0.1) is 18.4 Å². The Morgan fingerprint density at radius 3 is 2.79 bits per heavy atom. The molecule has 1 atom stereocenters. The number of para-hydroxylation sites is 1. The zero-order valence-corrected chi connectivity index (χ0v) is 13.5. The highest BCUT2D eigenvalue weighted by atomic mass is 16.5. The number of nitrogens with zero attached hydrogens (tertiary/aromatic N) is 4. The van der Waals surface area contributed by atoms with Crippen molar-refractivity contribution in [1.29, 1.82) is 0 Å². The van der Waals surface area contributed by atoms with Crippen molar-refractivity contribution in [2.24, 2.45) is 0 Å². The molecule has 1 aromatic carbocycles. The number of aliphatic hydroxyl groups excluding tert-OH is 1. The Morgan fingerprint density at radius 1 is 1.25 bits per heavy atom. The van der Waals surface area contributed by atoms with E-state index in [0.29, 0.717) is 24.4 Å². The van der Waals surface area contributed by atoms with E-state index >= 15 is 0 Å². The second-order valence-corrected chi connectivity index (χ2v) is 5.25. The van der Waals surface area contributed by atoms with Crippen LogP contribution in [0.3, 0.4) is 0 Å². The topological polar surface area (TPSA) is 108 Å². The van der Waals surface area contributed by atoms with Crippen molar-refractivity contribution in [3.05, 3.63) is 36.2 Å². The Hall–Kier alpha value is -2.71. The summed E-state index contributed by atoms with van der Waals surface area (Å²) >= 11 is 0. The molecular weight excluding hydrogens is 310 g/mol. The SMILES string of the molecule is COCCOc1nc(N)c2ncn(-c3ccccc3C(C)O)c2n1. The molecule has 0 spiro atoms. The Balaban J connectivity index is 2.09. The van der Waals surface area contributed by atoms with E-state index in [1.807, 2.05) is 24.3 Å². The van der Waals surface area contributed by atoms with E-state index in [0.717, 1.165) is 11.3 Å². The van der Waals surface area contributed by atoms with Crippen LogP contribution < -0.4 is 10.5 Å². The maximum Gasteiger partial charge on any atom is 0.320 e. The standard InChI is InChI=1S/C16H19N5O3/c1-10(22)11-5-3-4-6-12(11)21-9-18-13-14(17)19-16(20-15(13)21)24-8-7-23-2/h3-6,9-10,22H,7-8H2,1-2H3,(H2,17,19,20). The molecule has 0 saturated carbocycles. The number of nitrogens with two attached hydrogens (primary N) is 1. The van der Waals surface area contributed by atoms with Crippen molar-refractivity contribution in [1.82, 2.24) is 19.5 Å². The molecule has 3 N–H and O–H groups in total. The molecule has 2 heterocycles. The molecule has 0 amide bonds. The van der Waals surface area contributed by atoms with Crippen LogP contribution in [0.4, 0.5) is 5.82 Å². The summed E-state index contributed by atoms with van der Waals surface area (Å²) < 4.78 is 12.2. The second kappa shape index (κ2) is 6.81. The third-order valence-corrected chi connectivity index (χ3v) is 3.57. The predicted molar refractivity (Wildman–Crippen MR) is 89.1 cm³/mol. The quantitative estimate of drug-likeness (QED) is 0.659. The minimum Gasteiger partial charge on any atom is -0.461 e. The average molecular weight is 329 g/mol. The Kier molecular flexibility index (Phi) is 4.59. The van der Waals surface area contributed by atoms with Crippen LogP contribution >= 0.6 is 0 Å². The van der Waals surface area contributed by atoms with Gasteiger partial charge in [0.25, 0.3) is 0 Å². The van der Waals surface area contributed by atoms with Crippen LogP contribution in [0.25, 0.3) is 16.9 Å². The maximum atomic E-state index is 10.00. The van der Waals surface area contributed by atoms with Crippen LogP contribution in [0.5, 0.6) is 6.01 Å². The van der Waals surface area contributed by atoms with Gasteiger partial charge in [0, 0.05) is 12.7 Å². The first-order valence-corrected chi connectivity index (χ1v) is 7.51. The minimum absolute atomic E-state index is 0.160. The van der Waals surface area contributed by atoms with Gasteiger partial charge in [-0.2, -0.15) is 9.97 Å². The molecule has 24 heavy (non-hydrogen) atoms. The molecule has 3 aromatic rings. The number of aliphatic hydroxyl groups is 1. The predicted octanol–water partition coefficient (Wildman–Crippen LogP) is 1.48. The summed E-state index contributed by atoms with van der Waals surface area (Å²) in [4.78, 5) is 12.8. The smallest absolute Gasteiger partial charge is 0.320 e. The third-order valence-electron chi connectivity index (χ3n) is 3.57. The lowest BCUT2D eigenvalue weighted by Gasteiger charge is -2.13. The molecule has 0 bridgehead atoms. The molecule has 2 aromatic heterocycles. The molecule has 0 fully saturated rings. The van der Waals surface area contributed by atoms with Gasteiger partial charge in [0.2, 0.25) is 0 Å². The van der Waals surface area contributed by atoms with E-state index in [1.165, 1.54) is 0 Å². The number of aromatic nitrogens is 4. The normalized spacial score (nSPS) is 12.5. The molecular formula is C16H19N5O3. The summed E-state index contributed by atoms with van der Waals surface area (Å²) in [7, 11) is 1.59. The van der Waals surface area contributed by atoms with Gasteiger partial charge in [-0.05, 0) is 13.0 Å². The molecule has 0 aliphatic carbocycles. The van der Waals surface area contributed by atoms with E-state index in [4.69, 9.17) is 15.2 Å². The highest BCUT2D eigenvalue weighted by molar-refractivity contribution is 5.83. The van der Waals surface area contributed by atoms with E-state index in [2.05, 4.69) is 15.0 Å². The second-order valence-electron chi connectivity index (χ2n) is 5.25. The molecule has 0 aliphatic heterocycles. The molecule has 3 rings (SSSR count). The Bertz CT molecular complexity index is 847. The molecule has 0 saturated heterocycles. The average Bonchev–Trinajstić information content (AvgIpc) is 2.99. The van der Waals surface area contributed by atoms with Gasteiger partial charge in [0.1, 0.15) is 12.9 Å². The molecule has 126 valence electrons. The number of rotatable bonds is 6. The number of hydrogen-bond acceptors (Lipinski definition) is 7. The van der Waals surface area contributed by atoms with Crippen molar-refractivity contribution in [3.63, 3.8) is 0 Å². The zero-order chi connectivity index (χ0) is 17.1. The summed E-state index contributed by atoms with van der Waals surface area (Å²) in [5, 5.41) is 10.00. The fraction of sp³-hybridized carbons (Fsp3) is 0.312. The van der Waals surface area contributed by atoms with E-state index in [-0.39, 0.29) is 11.8 Å². The maximum absolute atomic E-state index is 10.00. The van der Waals surface area contributed by atoms with E-state index < -0.39 is 6.10 Å². The van der Waals surface area contributed by atoms with Crippen LogP contribution in [-0.2, 0) is 4.74 Å². The molecule has 0 aliphatic rings. The number of methoxy groups -OCH3 is 1. The fourth-order valence-corrected chi connectivity index (χ4v) is 2.42. The van der Waals surface area contributed by atoms with Crippen LogP contribution in [0, 0.1) is 0 Å². The number of anilines is 1. The van der Waals surface area contributed by atoms with Crippen molar-refractivity contribution >= 4 is 17.0 Å². The minimum atomic E-state index is -0.629. The van der Waals surface area contributed by atoms with E-state index in [1.54, 1.807) is 24.9 Å². The van der Waals surface area contributed by atoms with E-state index in [9.17, 15) is 5.11 Å². The fourth-order valence-electron chi connectivity index (χ4n) is 2.42. The summed E-state index contributed by atoms with van der Waals surface area (Å²) in [5.41, 5.74) is 8.49. The van der Waals surface area contributed by atoms with Crippen molar-refractivity contribution in [2.75, 3.05) is 26.1 Å². The molecule has 1 unspecified atom stereocenters. The van der Waals surface area contributed by atoms with Gasteiger partial charge >= 0.3 is 6.01 Å². The third kappa shape index (κ3) is 3.01. The van der Waals surface area contributed by atoms with Gasteiger partial charge in [-0.25, -0.2) is 4.98 Å². The first-order valence-electron chi connectivity index (χ1n) is 7.51. The number of hydrogen-bond donors (Lipinski definition) is 2. The van der Waals surface area contributed by atoms with Crippen LogP contribution in [-0.4, -0.2) is 44.9 Å². The molecule has 8 heteroatoms. The number of nitrogen functional groups attached to an aromatic ring is 1. The zero-order valence-electron chi connectivity index (χ0n) is 13.5. The van der Waals surface area contributed by atoms with Gasteiger partial charge in [0.15, 0.2) is 17.0 Å². The summed E-state index contributed by atoms with van der Waals surface area (Å²) in [6, 6.07) is 7.65. The van der Waals surface area contributed by atoms with Crippen LogP contribution in [0.2, 0.25) is 0 Å². The lowest BCUT2D eigenvalue weighted by atomic mass is 10.1. The van der Waals surface area contributed by atoms with Crippen molar-refractivity contribution in [3.8, 4) is 11.7 Å². The number of imidazole rings is 1. The lowest BCUT2D eigenvalue weighted by molar-refractivity contribution is 0.141. The summed E-state index contributed by atoms with van der Waals surface area (Å²) in [6.07, 6.45) is 0.978. The Labute approximate surface area is 138 Å². The monoisotopic (exact) mass is 329 g/mol. The van der Waals surface area contributed by atoms with Crippen LogP contribution in [0.1, 0.15) is 18.6 Å². The highest BCUT2D eigenvalue weighted by Gasteiger charge is 2.16. The van der Waals surface area contributed by atoms with Gasteiger partial charge in [-0.15, -0.1) is 0 Å². The van der Waals surface area contributed by atoms with Crippen molar-refractivity contribution in [2.45, 2.75) is 13.0 Å². The van der Waals surface area contributed by atoms with Crippen molar-refractivity contribution < 1.29 is 14.6 Å². The molecule has 8 nitrogen and oxygen atoms in total. The first-order chi connectivity index (χ1) is 11.6. The molecule has 0 radical (unpaired) electrons. The van der Waals surface area contributed by atoms with Gasteiger partial charge in [-0.1, -0.05) is 18.2 Å².